The number of nitrogens with zero attached hydrogens (tertiary/aromatic N) is 2. The van der Waals surface area contributed by atoms with Gasteiger partial charge in [0.25, 0.3) is 0 Å². The summed E-state index contributed by atoms with van der Waals surface area (Å²) in [5.74, 6) is 0.692. The van der Waals surface area contributed by atoms with Crippen molar-refractivity contribution < 1.29 is 13.9 Å². The van der Waals surface area contributed by atoms with Crippen LogP contribution in [0.15, 0.2) is 79.0 Å². The van der Waals surface area contributed by atoms with Crippen molar-refractivity contribution in [3.05, 3.63) is 102 Å². The number of halogens is 1. The summed E-state index contributed by atoms with van der Waals surface area (Å²) in [5.41, 5.74) is 4.81. The van der Waals surface area contributed by atoms with E-state index in [1.165, 1.54) is 47.1 Å². The lowest BCUT2D eigenvalue weighted by Gasteiger charge is -2.17. The Kier molecular flexibility index (Phi) is 11.1. The van der Waals surface area contributed by atoms with E-state index < -0.39 is 0 Å². The van der Waals surface area contributed by atoms with E-state index in [4.69, 9.17) is 4.74 Å². The van der Waals surface area contributed by atoms with Crippen LogP contribution in [-0.4, -0.2) is 48.7 Å². The van der Waals surface area contributed by atoms with Gasteiger partial charge in [-0.1, -0.05) is 61.5 Å². The average molecular weight is 545 g/mol. The molecule has 1 aliphatic heterocycles. The average Bonchev–Trinajstić information content (AvgIpc) is 3.59. The predicted molar refractivity (Wildman–Crippen MR) is 160 cm³/mol. The molecule has 1 aliphatic rings. The zero-order valence-electron chi connectivity index (χ0n) is 23.6. The van der Waals surface area contributed by atoms with E-state index in [1.54, 1.807) is 19.2 Å². The van der Waals surface area contributed by atoms with Gasteiger partial charge in [-0.15, -0.1) is 0 Å². The number of likely N-dealkylation sites (tertiary alicyclic amines) is 1. The molecular weight excluding hydrogens is 503 g/mol. The van der Waals surface area contributed by atoms with Crippen LogP contribution in [0.3, 0.4) is 0 Å². The molecule has 1 aromatic heterocycles. The second kappa shape index (κ2) is 15.2. The first-order valence-corrected chi connectivity index (χ1v) is 14.2. The maximum Gasteiger partial charge on any atom is 0.207 e. The maximum absolute atomic E-state index is 12.5. The van der Waals surface area contributed by atoms with Gasteiger partial charge in [0.15, 0.2) is 0 Å². The van der Waals surface area contributed by atoms with Crippen molar-refractivity contribution in [2.75, 3.05) is 26.7 Å². The zero-order chi connectivity index (χ0) is 28.2. The van der Waals surface area contributed by atoms with Crippen LogP contribution >= 0.6 is 0 Å². The van der Waals surface area contributed by atoms with E-state index in [9.17, 15) is 9.18 Å². The third-order valence-electron chi connectivity index (χ3n) is 7.35. The van der Waals surface area contributed by atoms with Gasteiger partial charge in [0, 0.05) is 50.3 Å². The number of hydrogen-bond donors (Lipinski definition) is 2. The number of benzene rings is 3. The first-order valence-electron chi connectivity index (χ1n) is 14.2. The molecule has 1 atom stereocenters. The topological polar surface area (TPSA) is 58.5 Å². The van der Waals surface area contributed by atoms with Crippen LogP contribution in [0.5, 0.6) is 5.75 Å². The lowest BCUT2D eigenvalue weighted by atomic mass is 10.1. The maximum atomic E-state index is 12.5. The quantitative estimate of drug-likeness (QED) is 0.182. The summed E-state index contributed by atoms with van der Waals surface area (Å²) in [6, 6.07) is 23.9. The number of aromatic nitrogens is 1. The fourth-order valence-corrected chi connectivity index (χ4v) is 5.37. The first-order chi connectivity index (χ1) is 19.6. The number of amides is 1. The van der Waals surface area contributed by atoms with E-state index in [1.807, 2.05) is 0 Å². The first kappa shape index (κ1) is 29.3. The molecule has 6 nitrogen and oxygen atoms in total. The molecule has 1 saturated heterocycles. The molecule has 0 aliphatic carbocycles. The molecule has 0 saturated carbocycles. The standard InChI is InChI=1S/C25H33N3O.C8H8FNO/c1-3-21-18-28(25-23(21)11-7-12-24(25)29-2)15-8-14-26-22-13-16-27(19-22)17-20-9-5-4-6-10-20;9-8-3-1-2-7(4-8)5-10-6-11/h4-7,9-12,18,22,26H,3,8,13-17,19H2,1-2H3;1-4,6H,5H2,(H,10,11). The smallest absolute Gasteiger partial charge is 0.207 e. The fourth-order valence-electron chi connectivity index (χ4n) is 5.37. The van der Waals surface area contributed by atoms with Crippen LogP contribution in [0.25, 0.3) is 10.9 Å². The van der Waals surface area contributed by atoms with Gasteiger partial charge in [0.2, 0.25) is 6.41 Å². The molecule has 1 amide bonds. The minimum atomic E-state index is -0.282. The van der Waals surface area contributed by atoms with Gasteiger partial charge in [0.1, 0.15) is 11.6 Å². The molecule has 2 heterocycles. The Balaban J connectivity index is 0.000000283. The molecule has 5 rings (SSSR count). The summed E-state index contributed by atoms with van der Waals surface area (Å²) < 4.78 is 20.5. The number of aryl methyl sites for hydroxylation is 2. The summed E-state index contributed by atoms with van der Waals surface area (Å²) in [5, 5.41) is 7.55. The van der Waals surface area contributed by atoms with Gasteiger partial charge in [-0.05, 0) is 60.7 Å². The minimum Gasteiger partial charge on any atom is -0.495 e. The number of methoxy groups -OCH3 is 1. The lowest BCUT2D eigenvalue weighted by molar-refractivity contribution is -0.109. The Morgan fingerprint density at radius 3 is 2.60 bits per heavy atom. The molecule has 7 heteroatoms. The van der Waals surface area contributed by atoms with E-state index >= 15 is 0 Å². The van der Waals surface area contributed by atoms with Crippen molar-refractivity contribution in [3.63, 3.8) is 0 Å². The molecule has 3 aromatic carbocycles. The number of carbonyl (C=O) groups is 1. The Morgan fingerprint density at radius 2 is 1.85 bits per heavy atom. The van der Waals surface area contributed by atoms with Crippen molar-refractivity contribution in [2.24, 2.45) is 0 Å². The van der Waals surface area contributed by atoms with Crippen LogP contribution in [0.4, 0.5) is 4.39 Å². The molecular formula is C33H41FN4O2. The van der Waals surface area contributed by atoms with Gasteiger partial charge >= 0.3 is 0 Å². The van der Waals surface area contributed by atoms with Crippen LogP contribution in [0.2, 0.25) is 0 Å². The Bertz CT molecular complexity index is 1340. The van der Waals surface area contributed by atoms with Gasteiger partial charge in [-0.3, -0.25) is 9.69 Å². The molecule has 0 spiro atoms. The van der Waals surface area contributed by atoms with E-state index in [0.29, 0.717) is 19.0 Å². The van der Waals surface area contributed by atoms with Crippen LogP contribution in [0.1, 0.15) is 36.5 Å². The molecule has 0 bridgehead atoms. The van der Waals surface area contributed by atoms with Gasteiger partial charge in [-0.2, -0.15) is 0 Å². The van der Waals surface area contributed by atoms with Crippen molar-refractivity contribution in [3.8, 4) is 5.75 Å². The summed E-state index contributed by atoms with van der Waals surface area (Å²) in [7, 11) is 1.76. The molecule has 1 unspecified atom stereocenters. The highest BCUT2D eigenvalue weighted by molar-refractivity contribution is 5.89. The Hall–Kier alpha value is -3.68. The fraction of sp³-hybridized carbons (Fsp3) is 0.364. The zero-order valence-corrected chi connectivity index (χ0v) is 23.6. The van der Waals surface area contributed by atoms with Crippen molar-refractivity contribution in [1.82, 2.24) is 20.1 Å². The molecule has 4 aromatic rings. The molecule has 1 fully saturated rings. The van der Waals surface area contributed by atoms with E-state index in [-0.39, 0.29) is 5.82 Å². The van der Waals surface area contributed by atoms with Crippen LogP contribution < -0.4 is 15.4 Å². The number of nitrogens with one attached hydrogen (secondary N) is 2. The Labute approximate surface area is 237 Å². The number of rotatable bonds is 12. The molecule has 40 heavy (non-hydrogen) atoms. The van der Waals surface area contributed by atoms with Crippen LogP contribution in [-0.2, 0) is 30.8 Å². The van der Waals surface area contributed by atoms with Crippen molar-refractivity contribution in [2.45, 2.75) is 51.9 Å². The monoisotopic (exact) mass is 544 g/mol. The SMILES string of the molecule is CCc1cn(CCCNC2CCN(Cc3ccccc3)C2)c2c(OC)cccc12.O=CNCc1cccc(F)c1. The van der Waals surface area contributed by atoms with Crippen LogP contribution in [0, 0.1) is 5.82 Å². The van der Waals surface area contributed by atoms with Gasteiger partial charge < -0.3 is 19.9 Å². The minimum absolute atomic E-state index is 0.282. The molecule has 212 valence electrons. The van der Waals surface area contributed by atoms with Gasteiger partial charge in [-0.25, -0.2) is 4.39 Å². The van der Waals surface area contributed by atoms with Crippen molar-refractivity contribution in [1.29, 1.82) is 0 Å². The van der Waals surface area contributed by atoms with Crippen molar-refractivity contribution >= 4 is 17.3 Å². The summed E-state index contributed by atoms with van der Waals surface area (Å²) >= 11 is 0. The summed E-state index contributed by atoms with van der Waals surface area (Å²) in [4.78, 5) is 12.4. The molecule has 0 radical (unpaired) electrons. The number of para-hydroxylation sites is 1. The number of hydrogen-bond acceptors (Lipinski definition) is 4. The predicted octanol–water partition coefficient (Wildman–Crippen LogP) is 5.54. The lowest BCUT2D eigenvalue weighted by Crippen LogP contribution is -2.33. The highest BCUT2D eigenvalue weighted by Crippen LogP contribution is 2.30. The molecule has 2 N–H and O–H groups in total. The van der Waals surface area contributed by atoms with Gasteiger partial charge in [0.05, 0.1) is 12.6 Å². The largest absolute Gasteiger partial charge is 0.495 e. The van der Waals surface area contributed by atoms with E-state index in [0.717, 1.165) is 50.3 Å². The number of fused-ring (bicyclic) bond motifs is 1. The second-order valence-electron chi connectivity index (χ2n) is 10.2. The number of carbonyl (C=O) groups excluding carboxylic acids is 1. The third-order valence-corrected chi connectivity index (χ3v) is 7.35. The second-order valence-corrected chi connectivity index (χ2v) is 10.2. The summed E-state index contributed by atoms with van der Waals surface area (Å²) in [6.45, 7) is 8.07. The normalized spacial score (nSPS) is 15.0. The van der Waals surface area contributed by atoms with E-state index in [2.05, 4.69) is 81.8 Å². The highest BCUT2D eigenvalue weighted by Gasteiger charge is 2.21. The third kappa shape index (κ3) is 8.16. The highest BCUT2D eigenvalue weighted by atomic mass is 19.1. The number of ether oxygens (including phenoxy) is 1. The Morgan fingerprint density at radius 1 is 1.05 bits per heavy atom. The summed E-state index contributed by atoms with van der Waals surface area (Å²) in [6.07, 6.45) is 6.32.